The highest BCUT2D eigenvalue weighted by Crippen LogP contribution is 2.17. The van der Waals surface area contributed by atoms with Crippen molar-refractivity contribution in [1.29, 1.82) is 0 Å². The van der Waals surface area contributed by atoms with Crippen LogP contribution in [0.4, 0.5) is 0 Å². The predicted octanol–water partition coefficient (Wildman–Crippen LogP) is 2.29. The maximum Gasteiger partial charge on any atom is 0.224 e. The molecule has 0 aromatic heterocycles. The molecule has 0 saturated carbocycles. The highest BCUT2D eigenvalue weighted by atomic mass is 16.6. The van der Waals surface area contributed by atoms with E-state index in [4.69, 9.17) is 4.84 Å². The SMILES string of the molecule is CC(C)C(=O)N(C)CC1CC(c2ccccc2)=NO1. The van der Waals surface area contributed by atoms with Crippen LogP contribution >= 0.6 is 0 Å². The molecule has 0 aliphatic carbocycles. The van der Waals surface area contributed by atoms with Crippen molar-refractivity contribution in [1.82, 2.24) is 4.90 Å². The van der Waals surface area contributed by atoms with E-state index < -0.39 is 0 Å². The number of rotatable bonds is 4. The second-order valence-corrected chi connectivity index (χ2v) is 5.21. The van der Waals surface area contributed by atoms with Crippen LogP contribution in [0.5, 0.6) is 0 Å². The summed E-state index contributed by atoms with van der Waals surface area (Å²) in [5, 5.41) is 4.12. The normalized spacial score (nSPS) is 18.1. The van der Waals surface area contributed by atoms with E-state index in [0.717, 1.165) is 17.7 Å². The number of hydrogen-bond acceptors (Lipinski definition) is 3. The van der Waals surface area contributed by atoms with Crippen LogP contribution in [0, 0.1) is 5.92 Å². The topological polar surface area (TPSA) is 41.9 Å². The maximum absolute atomic E-state index is 11.8. The Morgan fingerprint density at radius 2 is 2.11 bits per heavy atom. The lowest BCUT2D eigenvalue weighted by molar-refractivity contribution is -0.134. The number of likely N-dealkylation sites (N-methyl/N-ethyl adjacent to an activating group) is 1. The molecule has 1 aromatic rings. The molecule has 1 unspecified atom stereocenters. The molecule has 1 aliphatic rings. The van der Waals surface area contributed by atoms with Gasteiger partial charge in [0.2, 0.25) is 5.91 Å². The Kier molecular flexibility index (Phi) is 4.20. The van der Waals surface area contributed by atoms with E-state index in [9.17, 15) is 4.79 Å². The smallest absolute Gasteiger partial charge is 0.224 e. The summed E-state index contributed by atoms with van der Waals surface area (Å²) in [7, 11) is 1.81. The molecule has 0 spiro atoms. The monoisotopic (exact) mass is 260 g/mol. The van der Waals surface area contributed by atoms with Gasteiger partial charge in [0.25, 0.3) is 0 Å². The van der Waals surface area contributed by atoms with E-state index in [1.807, 2.05) is 51.2 Å². The van der Waals surface area contributed by atoms with Gasteiger partial charge in [0.15, 0.2) is 6.10 Å². The molecule has 102 valence electrons. The summed E-state index contributed by atoms with van der Waals surface area (Å²) in [6.45, 7) is 4.39. The molecule has 2 rings (SSSR count). The van der Waals surface area contributed by atoms with Crippen LogP contribution in [0.1, 0.15) is 25.8 Å². The molecule has 1 aromatic carbocycles. The van der Waals surface area contributed by atoms with Crippen molar-refractivity contribution in [3.63, 3.8) is 0 Å². The highest BCUT2D eigenvalue weighted by molar-refractivity contribution is 6.01. The summed E-state index contributed by atoms with van der Waals surface area (Å²) >= 11 is 0. The van der Waals surface area contributed by atoms with Crippen LogP contribution < -0.4 is 0 Å². The molecule has 1 amide bonds. The van der Waals surface area contributed by atoms with Gasteiger partial charge in [-0.2, -0.15) is 0 Å². The molecular weight excluding hydrogens is 240 g/mol. The third kappa shape index (κ3) is 3.34. The molecule has 0 fully saturated rings. The lowest BCUT2D eigenvalue weighted by Crippen LogP contribution is -2.36. The van der Waals surface area contributed by atoms with E-state index in [1.54, 1.807) is 4.90 Å². The lowest BCUT2D eigenvalue weighted by Gasteiger charge is -2.21. The van der Waals surface area contributed by atoms with Gasteiger partial charge in [-0.15, -0.1) is 0 Å². The zero-order chi connectivity index (χ0) is 13.8. The minimum absolute atomic E-state index is 0.0147. The van der Waals surface area contributed by atoms with E-state index >= 15 is 0 Å². The van der Waals surface area contributed by atoms with Crippen LogP contribution in [0.2, 0.25) is 0 Å². The molecule has 4 heteroatoms. The summed E-state index contributed by atoms with van der Waals surface area (Å²) in [4.78, 5) is 19.0. The summed E-state index contributed by atoms with van der Waals surface area (Å²) in [6.07, 6.45) is 0.711. The van der Waals surface area contributed by atoms with E-state index in [-0.39, 0.29) is 17.9 Å². The summed E-state index contributed by atoms with van der Waals surface area (Å²) in [5.41, 5.74) is 2.04. The number of hydrogen-bond donors (Lipinski definition) is 0. The quantitative estimate of drug-likeness (QED) is 0.833. The van der Waals surface area contributed by atoms with Crippen molar-refractivity contribution in [3.8, 4) is 0 Å². The molecule has 0 N–H and O–H groups in total. The third-order valence-corrected chi connectivity index (χ3v) is 3.19. The Balaban J connectivity index is 1.90. The molecule has 1 heterocycles. The van der Waals surface area contributed by atoms with Gasteiger partial charge in [-0.1, -0.05) is 49.3 Å². The molecule has 0 bridgehead atoms. The number of carbonyl (C=O) groups excluding carboxylic acids is 1. The van der Waals surface area contributed by atoms with Crippen LogP contribution in [0.3, 0.4) is 0 Å². The Labute approximate surface area is 114 Å². The van der Waals surface area contributed by atoms with Gasteiger partial charge in [-0.25, -0.2) is 0 Å². The van der Waals surface area contributed by atoms with Gasteiger partial charge >= 0.3 is 0 Å². The molecular formula is C15H20N2O2. The zero-order valence-electron chi connectivity index (χ0n) is 11.7. The van der Waals surface area contributed by atoms with Gasteiger partial charge in [0, 0.05) is 19.4 Å². The number of amides is 1. The first kappa shape index (κ1) is 13.6. The van der Waals surface area contributed by atoms with Gasteiger partial charge in [0.05, 0.1) is 12.3 Å². The summed E-state index contributed by atoms with van der Waals surface area (Å²) in [6, 6.07) is 9.99. The average Bonchev–Trinajstić information content (AvgIpc) is 2.87. The first-order valence-corrected chi connectivity index (χ1v) is 6.61. The number of nitrogens with zero attached hydrogens (tertiary/aromatic N) is 2. The predicted molar refractivity (Wildman–Crippen MR) is 74.9 cm³/mol. The second kappa shape index (κ2) is 5.87. The van der Waals surface area contributed by atoms with Crippen LogP contribution in [0.15, 0.2) is 35.5 Å². The number of benzene rings is 1. The van der Waals surface area contributed by atoms with Crippen molar-refractivity contribution in [2.45, 2.75) is 26.4 Å². The van der Waals surface area contributed by atoms with Gasteiger partial charge in [-0.3, -0.25) is 4.79 Å². The van der Waals surface area contributed by atoms with Crippen molar-refractivity contribution < 1.29 is 9.63 Å². The molecule has 19 heavy (non-hydrogen) atoms. The van der Waals surface area contributed by atoms with Gasteiger partial charge < -0.3 is 9.74 Å². The van der Waals surface area contributed by atoms with Crippen molar-refractivity contribution >= 4 is 11.6 Å². The minimum Gasteiger partial charge on any atom is -0.390 e. The first-order chi connectivity index (χ1) is 9.08. The average molecular weight is 260 g/mol. The van der Waals surface area contributed by atoms with Crippen LogP contribution in [0.25, 0.3) is 0 Å². The molecule has 1 atom stereocenters. The zero-order valence-corrected chi connectivity index (χ0v) is 11.7. The van der Waals surface area contributed by atoms with E-state index in [2.05, 4.69) is 5.16 Å². The number of carbonyl (C=O) groups is 1. The summed E-state index contributed by atoms with van der Waals surface area (Å²) in [5.74, 6) is 0.151. The Bertz CT molecular complexity index is 468. The fraction of sp³-hybridized carbons (Fsp3) is 0.467. The van der Waals surface area contributed by atoms with E-state index in [0.29, 0.717) is 6.54 Å². The molecule has 0 saturated heterocycles. The number of oxime groups is 1. The van der Waals surface area contributed by atoms with Crippen molar-refractivity contribution in [3.05, 3.63) is 35.9 Å². The van der Waals surface area contributed by atoms with E-state index in [1.165, 1.54) is 0 Å². The largest absolute Gasteiger partial charge is 0.390 e. The van der Waals surface area contributed by atoms with Crippen molar-refractivity contribution in [2.75, 3.05) is 13.6 Å². The Morgan fingerprint density at radius 3 is 2.74 bits per heavy atom. The fourth-order valence-electron chi connectivity index (χ4n) is 2.16. The van der Waals surface area contributed by atoms with Gasteiger partial charge in [0.1, 0.15) is 0 Å². The standard InChI is InChI=1S/C15H20N2O2/c1-11(2)15(18)17(3)10-13-9-14(16-19-13)12-7-5-4-6-8-12/h4-8,11,13H,9-10H2,1-3H3. The Hall–Kier alpha value is -1.84. The maximum atomic E-state index is 11.8. The third-order valence-electron chi connectivity index (χ3n) is 3.19. The molecule has 4 nitrogen and oxygen atoms in total. The Morgan fingerprint density at radius 1 is 1.42 bits per heavy atom. The lowest BCUT2D eigenvalue weighted by atomic mass is 10.0. The second-order valence-electron chi connectivity index (χ2n) is 5.21. The highest BCUT2D eigenvalue weighted by Gasteiger charge is 2.25. The van der Waals surface area contributed by atoms with Crippen LogP contribution in [-0.4, -0.2) is 36.2 Å². The minimum atomic E-state index is -0.0390. The first-order valence-electron chi connectivity index (χ1n) is 6.61. The molecule has 0 radical (unpaired) electrons. The summed E-state index contributed by atoms with van der Waals surface area (Å²) < 4.78 is 0. The molecule has 1 aliphatic heterocycles. The van der Waals surface area contributed by atoms with Gasteiger partial charge in [-0.05, 0) is 5.56 Å². The van der Waals surface area contributed by atoms with Crippen LogP contribution in [-0.2, 0) is 9.63 Å². The van der Waals surface area contributed by atoms with Crippen molar-refractivity contribution in [2.24, 2.45) is 11.1 Å². The fourth-order valence-corrected chi connectivity index (χ4v) is 2.16.